The van der Waals surface area contributed by atoms with Crippen LogP contribution < -0.4 is 10.6 Å². The van der Waals surface area contributed by atoms with E-state index in [0.29, 0.717) is 24.2 Å². The molecule has 1 aromatic carbocycles. The highest BCUT2D eigenvalue weighted by molar-refractivity contribution is 7.15. The van der Waals surface area contributed by atoms with Crippen molar-refractivity contribution in [1.82, 2.24) is 10.3 Å². The Bertz CT molecular complexity index is 678. The monoisotopic (exact) mass is 381 g/mol. The average molecular weight is 382 g/mol. The molecule has 0 aliphatic heterocycles. The first kappa shape index (κ1) is 19.8. The highest BCUT2D eigenvalue weighted by Crippen LogP contribution is 2.36. The van der Waals surface area contributed by atoms with Gasteiger partial charge in [0.15, 0.2) is 5.13 Å². The molecule has 5 nitrogen and oxygen atoms in total. The van der Waals surface area contributed by atoms with Gasteiger partial charge in [0.1, 0.15) is 0 Å². The van der Waals surface area contributed by atoms with Crippen LogP contribution in [0.4, 0.5) is 5.13 Å². The Morgan fingerprint density at radius 1 is 1.36 bits per heavy atom. The number of amides is 1. The summed E-state index contributed by atoms with van der Waals surface area (Å²) in [5, 5.41) is 6.65. The van der Waals surface area contributed by atoms with E-state index < -0.39 is 0 Å². The SMILES string of the molecule is COCCNCC(=O)Nc1nc2c(s1)CC(c1ccccc1)CC2.Cl. The van der Waals surface area contributed by atoms with Crippen LogP contribution in [0.25, 0.3) is 0 Å². The normalized spacial score (nSPS) is 16.0. The van der Waals surface area contributed by atoms with Crippen molar-refractivity contribution < 1.29 is 9.53 Å². The number of nitrogens with one attached hydrogen (secondary N) is 2. The molecule has 1 aliphatic rings. The topological polar surface area (TPSA) is 63.2 Å². The Balaban J connectivity index is 0.00000225. The number of aryl methyl sites for hydroxylation is 1. The van der Waals surface area contributed by atoms with Crippen molar-refractivity contribution >= 4 is 34.8 Å². The molecule has 25 heavy (non-hydrogen) atoms. The number of hydrogen-bond donors (Lipinski definition) is 2. The summed E-state index contributed by atoms with van der Waals surface area (Å²) >= 11 is 1.61. The smallest absolute Gasteiger partial charge is 0.240 e. The van der Waals surface area contributed by atoms with E-state index in [0.717, 1.165) is 25.0 Å². The van der Waals surface area contributed by atoms with Crippen molar-refractivity contribution in [3.8, 4) is 0 Å². The Morgan fingerprint density at radius 2 is 2.16 bits per heavy atom. The summed E-state index contributed by atoms with van der Waals surface area (Å²) in [5.74, 6) is 0.496. The van der Waals surface area contributed by atoms with Gasteiger partial charge in [0.25, 0.3) is 0 Å². The molecule has 0 bridgehead atoms. The third-order valence-electron chi connectivity index (χ3n) is 4.23. The number of aromatic nitrogens is 1. The summed E-state index contributed by atoms with van der Waals surface area (Å²) in [4.78, 5) is 17.8. The van der Waals surface area contributed by atoms with Crippen molar-refractivity contribution in [2.75, 3.05) is 32.1 Å². The lowest BCUT2D eigenvalue weighted by atomic mass is 9.85. The third kappa shape index (κ3) is 5.51. The third-order valence-corrected chi connectivity index (χ3v) is 5.26. The van der Waals surface area contributed by atoms with E-state index in [4.69, 9.17) is 4.74 Å². The Morgan fingerprint density at radius 3 is 2.92 bits per heavy atom. The lowest BCUT2D eigenvalue weighted by Gasteiger charge is -2.21. The molecule has 1 atom stereocenters. The molecular formula is C18H24ClN3O2S. The molecule has 0 radical (unpaired) electrons. The molecule has 1 unspecified atom stereocenters. The molecule has 3 rings (SSSR count). The molecule has 2 N–H and O–H groups in total. The number of carbonyl (C=O) groups is 1. The van der Waals surface area contributed by atoms with Gasteiger partial charge in [-0.05, 0) is 30.7 Å². The molecule has 7 heteroatoms. The van der Waals surface area contributed by atoms with Crippen LogP contribution >= 0.6 is 23.7 Å². The fraction of sp³-hybridized carbons (Fsp3) is 0.444. The molecule has 136 valence electrons. The first-order valence-corrected chi connectivity index (χ1v) is 9.11. The summed E-state index contributed by atoms with van der Waals surface area (Å²) in [6, 6.07) is 10.6. The van der Waals surface area contributed by atoms with E-state index in [1.807, 2.05) is 0 Å². The van der Waals surface area contributed by atoms with Crippen LogP contribution in [0, 0.1) is 0 Å². The van der Waals surface area contributed by atoms with Gasteiger partial charge in [0.05, 0.1) is 18.8 Å². The van der Waals surface area contributed by atoms with E-state index in [9.17, 15) is 4.79 Å². The molecule has 1 aromatic heterocycles. The molecular weight excluding hydrogens is 358 g/mol. The van der Waals surface area contributed by atoms with Gasteiger partial charge in [0, 0.05) is 18.5 Å². The predicted octanol–water partition coefficient (Wildman–Crippen LogP) is 3.01. The van der Waals surface area contributed by atoms with Crippen molar-refractivity contribution in [3.05, 3.63) is 46.5 Å². The van der Waals surface area contributed by atoms with E-state index >= 15 is 0 Å². The van der Waals surface area contributed by atoms with Gasteiger partial charge in [-0.15, -0.1) is 23.7 Å². The van der Waals surface area contributed by atoms with Gasteiger partial charge in [-0.1, -0.05) is 30.3 Å². The van der Waals surface area contributed by atoms with Crippen molar-refractivity contribution in [1.29, 1.82) is 0 Å². The predicted molar refractivity (Wildman–Crippen MR) is 104 cm³/mol. The maximum absolute atomic E-state index is 11.9. The summed E-state index contributed by atoms with van der Waals surface area (Å²) in [5.41, 5.74) is 2.54. The van der Waals surface area contributed by atoms with Crippen molar-refractivity contribution in [2.24, 2.45) is 0 Å². The Kier molecular flexibility index (Phi) is 7.84. The minimum atomic E-state index is -0.0585. The van der Waals surface area contributed by atoms with Crippen LogP contribution in [-0.4, -0.2) is 37.7 Å². The molecule has 2 aromatic rings. The second-order valence-corrected chi connectivity index (χ2v) is 7.04. The van der Waals surface area contributed by atoms with E-state index in [-0.39, 0.29) is 24.9 Å². The number of carbonyl (C=O) groups excluding carboxylic acids is 1. The lowest BCUT2D eigenvalue weighted by Crippen LogP contribution is -2.30. The number of halogens is 1. The zero-order valence-corrected chi connectivity index (χ0v) is 15.9. The van der Waals surface area contributed by atoms with Gasteiger partial charge >= 0.3 is 0 Å². The van der Waals surface area contributed by atoms with E-state index in [1.165, 1.54) is 10.4 Å². The number of methoxy groups -OCH3 is 1. The van der Waals surface area contributed by atoms with Crippen LogP contribution in [0.15, 0.2) is 30.3 Å². The number of hydrogen-bond acceptors (Lipinski definition) is 5. The fourth-order valence-electron chi connectivity index (χ4n) is 2.98. The Labute approximate surface area is 158 Å². The number of benzene rings is 1. The number of rotatable bonds is 7. The highest BCUT2D eigenvalue weighted by Gasteiger charge is 2.24. The number of anilines is 1. The maximum Gasteiger partial charge on any atom is 0.240 e. The zero-order valence-electron chi connectivity index (χ0n) is 14.3. The summed E-state index contributed by atoms with van der Waals surface area (Å²) in [6.45, 7) is 1.54. The van der Waals surface area contributed by atoms with Crippen LogP contribution in [0.1, 0.15) is 28.5 Å². The van der Waals surface area contributed by atoms with Crippen LogP contribution in [0.3, 0.4) is 0 Å². The minimum absolute atomic E-state index is 0. The van der Waals surface area contributed by atoms with E-state index in [2.05, 4.69) is 45.9 Å². The second-order valence-electron chi connectivity index (χ2n) is 5.96. The van der Waals surface area contributed by atoms with Gasteiger partial charge in [-0.25, -0.2) is 4.98 Å². The molecule has 0 fully saturated rings. The van der Waals surface area contributed by atoms with Crippen LogP contribution in [0.2, 0.25) is 0 Å². The van der Waals surface area contributed by atoms with Gasteiger partial charge in [-0.2, -0.15) is 0 Å². The lowest BCUT2D eigenvalue weighted by molar-refractivity contribution is -0.115. The summed E-state index contributed by atoms with van der Waals surface area (Å²) < 4.78 is 4.94. The molecule has 1 amide bonds. The van der Waals surface area contributed by atoms with Crippen molar-refractivity contribution in [2.45, 2.75) is 25.2 Å². The number of ether oxygens (including phenoxy) is 1. The Hall–Kier alpha value is -1.47. The number of thiazole rings is 1. The minimum Gasteiger partial charge on any atom is -0.383 e. The number of fused-ring (bicyclic) bond motifs is 1. The second kappa shape index (κ2) is 9.87. The molecule has 0 spiro atoms. The van der Waals surface area contributed by atoms with Crippen LogP contribution in [-0.2, 0) is 22.4 Å². The fourth-order valence-corrected chi connectivity index (χ4v) is 4.08. The number of nitrogens with zero attached hydrogens (tertiary/aromatic N) is 1. The van der Waals surface area contributed by atoms with E-state index in [1.54, 1.807) is 18.4 Å². The molecule has 0 saturated heterocycles. The zero-order chi connectivity index (χ0) is 16.8. The average Bonchev–Trinajstić information content (AvgIpc) is 3.00. The largest absolute Gasteiger partial charge is 0.383 e. The quantitative estimate of drug-likeness (QED) is 0.723. The molecule has 1 aliphatic carbocycles. The van der Waals surface area contributed by atoms with Crippen LogP contribution in [0.5, 0.6) is 0 Å². The van der Waals surface area contributed by atoms with Gasteiger partial charge in [-0.3, -0.25) is 4.79 Å². The van der Waals surface area contributed by atoms with Crippen molar-refractivity contribution in [3.63, 3.8) is 0 Å². The van der Waals surface area contributed by atoms with Gasteiger partial charge in [0.2, 0.25) is 5.91 Å². The highest BCUT2D eigenvalue weighted by atomic mass is 35.5. The molecule has 1 heterocycles. The summed E-state index contributed by atoms with van der Waals surface area (Å²) in [7, 11) is 1.64. The molecule has 0 saturated carbocycles. The maximum atomic E-state index is 11.9. The van der Waals surface area contributed by atoms with Gasteiger partial charge < -0.3 is 15.4 Å². The first-order chi connectivity index (χ1) is 11.8. The summed E-state index contributed by atoms with van der Waals surface area (Å²) in [6.07, 6.45) is 3.11. The first-order valence-electron chi connectivity index (χ1n) is 8.29. The standard InChI is InChI=1S/C18H23N3O2S.ClH/c1-23-10-9-19-12-17(22)21-18-20-15-8-7-14(11-16(15)24-18)13-5-3-2-4-6-13;/h2-6,14,19H,7-12H2,1H3,(H,20,21,22);1H.